The first-order valence-electron chi connectivity index (χ1n) is 11.1. The molecule has 1 aliphatic rings. The molecule has 0 bridgehead atoms. The number of aryl methyl sites for hydroxylation is 1. The summed E-state index contributed by atoms with van der Waals surface area (Å²) in [6.07, 6.45) is 5.53. The normalized spacial score (nSPS) is 15.1. The highest BCUT2D eigenvalue weighted by Crippen LogP contribution is 2.26. The first-order chi connectivity index (χ1) is 15.6. The van der Waals surface area contributed by atoms with Crippen molar-refractivity contribution < 1.29 is 9.21 Å². The van der Waals surface area contributed by atoms with E-state index in [9.17, 15) is 4.79 Å². The third-order valence-corrected chi connectivity index (χ3v) is 6.62. The Morgan fingerprint density at radius 1 is 1.06 bits per heavy atom. The van der Waals surface area contributed by atoms with Crippen molar-refractivity contribution in [1.82, 2.24) is 9.88 Å². The predicted molar refractivity (Wildman–Crippen MR) is 130 cm³/mol. The van der Waals surface area contributed by atoms with Crippen molar-refractivity contribution in [2.24, 2.45) is 5.73 Å². The van der Waals surface area contributed by atoms with E-state index in [0.717, 1.165) is 60.8 Å². The second kappa shape index (κ2) is 8.88. The number of carbonyl (C=O) groups excluding carboxylic acids is 1. The van der Waals surface area contributed by atoms with Crippen LogP contribution >= 0.6 is 11.6 Å². The topological polar surface area (TPSA) is 78.5 Å². The van der Waals surface area contributed by atoms with E-state index >= 15 is 0 Å². The van der Waals surface area contributed by atoms with E-state index in [1.165, 1.54) is 23.8 Å². The fraction of sp³-hybridized carbons (Fsp3) is 0.320. The molecule has 2 aromatic carbocycles. The number of unbranched alkanes of at least 4 members (excludes halogenated alkanes) is 1. The highest BCUT2D eigenvalue weighted by atomic mass is 35.5. The molecule has 2 aromatic heterocycles. The number of carbonyl (C=O) groups is 1. The van der Waals surface area contributed by atoms with E-state index in [1.807, 2.05) is 18.2 Å². The van der Waals surface area contributed by atoms with Gasteiger partial charge in [0.25, 0.3) is 5.91 Å². The maximum Gasteiger partial charge on any atom is 0.284 e. The zero-order valence-electron chi connectivity index (χ0n) is 17.9. The first-order valence-corrected chi connectivity index (χ1v) is 11.5. The van der Waals surface area contributed by atoms with Crippen LogP contribution in [0.25, 0.3) is 21.9 Å². The molecule has 166 valence electrons. The highest BCUT2D eigenvalue weighted by molar-refractivity contribution is 6.31. The van der Waals surface area contributed by atoms with E-state index in [4.69, 9.17) is 21.8 Å². The number of piperazine rings is 1. The number of benzene rings is 2. The molecule has 1 aliphatic heterocycles. The molecule has 7 heteroatoms. The predicted octanol–water partition coefficient (Wildman–Crippen LogP) is 4.81. The Balaban J connectivity index is 1.10. The molecule has 0 aliphatic carbocycles. The molecule has 1 amide bonds. The lowest BCUT2D eigenvalue weighted by molar-refractivity contribution is 0.0976. The van der Waals surface area contributed by atoms with Crippen LogP contribution in [0.3, 0.4) is 0 Å². The fourth-order valence-corrected chi connectivity index (χ4v) is 4.76. The molecule has 3 N–H and O–H groups in total. The van der Waals surface area contributed by atoms with Crippen LogP contribution in [-0.4, -0.2) is 48.5 Å². The zero-order valence-corrected chi connectivity index (χ0v) is 18.7. The minimum absolute atomic E-state index is 0.206. The summed E-state index contributed by atoms with van der Waals surface area (Å²) < 4.78 is 5.49. The van der Waals surface area contributed by atoms with Gasteiger partial charge in [-0.05, 0) is 73.8 Å². The van der Waals surface area contributed by atoms with Gasteiger partial charge in [0.15, 0.2) is 5.76 Å². The number of halogens is 1. The number of H-pyrrole nitrogens is 1. The van der Waals surface area contributed by atoms with Crippen molar-refractivity contribution >= 4 is 45.1 Å². The van der Waals surface area contributed by atoms with Gasteiger partial charge in [-0.3, -0.25) is 9.69 Å². The van der Waals surface area contributed by atoms with Crippen molar-refractivity contribution in [3.05, 3.63) is 65.0 Å². The van der Waals surface area contributed by atoms with Crippen molar-refractivity contribution in [3.63, 3.8) is 0 Å². The van der Waals surface area contributed by atoms with Gasteiger partial charge in [-0.15, -0.1) is 0 Å². The zero-order chi connectivity index (χ0) is 22.1. The Kier molecular flexibility index (Phi) is 5.81. The molecule has 0 saturated carbocycles. The number of fused-ring (bicyclic) bond motifs is 2. The minimum Gasteiger partial charge on any atom is -0.451 e. The summed E-state index contributed by atoms with van der Waals surface area (Å²) in [5.41, 5.74) is 9.68. The molecule has 0 radical (unpaired) electrons. The third kappa shape index (κ3) is 4.33. The van der Waals surface area contributed by atoms with E-state index in [-0.39, 0.29) is 5.76 Å². The maximum atomic E-state index is 11.3. The van der Waals surface area contributed by atoms with Crippen LogP contribution in [0, 0.1) is 0 Å². The second-order valence-electron chi connectivity index (χ2n) is 8.49. The van der Waals surface area contributed by atoms with Crippen molar-refractivity contribution in [2.75, 3.05) is 37.6 Å². The molecule has 6 nitrogen and oxygen atoms in total. The quantitative estimate of drug-likeness (QED) is 0.396. The van der Waals surface area contributed by atoms with Crippen LogP contribution in [0.1, 0.15) is 29.0 Å². The summed E-state index contributed by atoms with van der Waals surface area (Å²) in [4.78, 5) is 19.6. The third-order valence-electron chi connectivity index (χ3n) is 6.38. The lowest BCUT2D eigenvalue weighted by Crippen LogP contribution is -2.46. The average molecular weight is 451 g/mol. The number of nitrogens with zero attached hydrogens (tertiary/aromatic N) is 2. The van der Waals surface area contributed by atoms with Gasteiger partial charge >= 0.3 is 0 Å². The molecule has 0 atom stereocenters. The average Bonchev–Trinajstić information content (AvgIpc) is 3.40. The molecule has 1 saturated heterocycles. The molecule has 0 spiro atoms. The number of anilines is 1. The number of hydrogen-bond donors (Lipinski definition) is 2. The Morgan fingerprint density at radius 2 is 1.91 bits per heavy atom. The smallest absolute Gasteiger partial charge is 0.284 e. The molecular weight excluding hydrogens is 424 g/mol. The van der Waals surface area contributed by atoms with E-state index in [1.54, 1.807) is 6.07 Å². The van der Waals surface area contributed by atoms with Crippen LogP contribution in [0.4, 0.5) is 5.69 Å². The number of furan rings is 1. The van der Waals surface area contributed by atoms with Gasteiger partial charge in [-0.25, -0.2) is 0 Å². The van der Waals surface area contributed by atoms with Gasteiger partial charge in [0, 0.05) is 59.4 Å². The van der Waals surface area contributed by atoms with Gasteiger partial charge in [0.05, 0.1) is 0 Å². The van der Waals surface area contributed by atoms with E-state index in [0.29, 0.717) is 5.58 Å². The van der Waals surface area contributed by atoms with Crippen molar-refractivity contribution in [1.29, 1.82) is 0 Å². The Hall–Kier alpha value is -2.96. The molecule has 0 unspecified atom stereocenters. The monoisotopic (exact) mass is 450 g/mol. The molecule has 5 rings (SSSR count). The van der Waals surface area contributed by atoms with Gasteiger partial charge in [-0.2, -0.15) is 0 Å². The largest absolute Gasteiger partial charge is 0.451 e. The Labute approximate surface area is 191 Å². The summed E-state index contributed by atoms with van der Waals surface area (Å²) in [5, 5.41) is 2.94. The summed E-state index contributed by atoms with van der Waals surface area (Å²) in [7, 11) is 0. The van der Waals surface area contributed by atoms with Crippen LogP contribution in [0.2, 0.25) is 5.02 Å². The molecular formula is C25H27ClN4O2. The van der Waals surface area contributed by atoms with Crippen LogP contribution in [0.15, 0.2) is 53.1 Å². The van der Waals surface area contributed by atoms with Gasteiger partial charge < -0.3 is 20.0 Å². The molecule has 1 fully saturated rings. The number of nitrogens with two attached hydrogens (primary N) is 1. The van der Waals surface area contributed by atoms with E-state index in [2.05, 4.69) is 39.2 Å². The van der Waals surface area contributed by atoms with Crippen LogP contribution in [0.5, 0.6) is 0 Å². The second-order valence-corrected chi connectivity index (χ2v) is 8.92. The standard InChI is InChI=1S/C25H27ClN4O2/c26-19-4-6-22-21(15-19)17(16-28-22)3-1-2-8-29-9-11-30(12-10-29)20-5-7-23-18(13-20)14-24(32-23)25(27)31/h4-7,13-16,28H,1-3,8-12H2,(H2,27,31). The van der Waals surface area contributed by atoms with Crippen molar-refractivity contribution in [2.45, 2.75) is 19.3 Å². The lowest BCUT2D eigenvalue weighted by atomic mass is 10.1. The minimum atomic E-state index is -0.537. The number of primary amides is 1. The Morgan fingerprint density at radius 3 is 2.72 bits per heavy atom. The number of nitrogens with one attached hydrogen (secondary N) is 1. The Bertz CT molecular complexity index is 1250. The summed E-state index contributed by atoms with van der Waals surface area (Å²) in [6, 6.07) is 13.8. The van der Waals surface area contributed by atoms with Crippen molar-refractivity contribution in [3.8, 4) is 0 Å². The number of hydrogen-bond acceptors (Lipinski definition) is 4. The fourth-order valence-electron chi connectivity index (χ4n) is 4.59. The molecule has 3 heterocycles. The van der Waals surface area contributed by atoms with Gasteiger partial charge in [-0.1, -0.05) is 11.6 Å². The highest BCUT2D eigenvalue weighted by Gasteiger charge is 2.18. The molecule has 32 heavy (non-hydrogen) atoms. The number of amides is 1. The van der Waals surface area contributed by atoms with Gasteiger partial charge in [0.2, 0.25) is 0 Å². The summed E-state index contributed by atoms with van der Waals surface area (Å²) >= 11 is 6.16. The van der Waals surface area contributed by atoms with Crippen LogP contribution < -0.4 is 10.6 Å². The summed E-state index contributed by atoms with van der Waals surface area (Å²) in [5.74, 6) is -0.331. The first kappa shape index (κ1) is 20.9. The SMILES string of the molecule is NC(=O)c1cc2cc(N3CCN(CCCCc4c[nH]c5ccc(Cl)cc45)CC3)ccc2o1. The number of aromatic nitrogens is 1. The lowest BCUT2D eigenvalue weighted by Gasteiger charge is -2.36. The molecule has 4 aromatic rings. The van der Waals surface area contributed by atoms with Gasteiger partial charge in [0.1, 0.15) is 5.58 Å². The number of aromatic amines is 1. The van der Waals surface area contributed by atoms with E-state index < -0.39 is 5.91 Å². The number of rotatable bonds is 7. The summed E-state index contributed by atoms with van der Waals surface area (Å²) in [6.45, 7) is 5.22. The maximum absolute atomic E-state index is 11.3. The van der Waals surface area contributed by atoms with Crippen LogP contribution in [-0.2, 0) is 6.42 Å².